The predicted octanol–water partition coefficient (Wildman–Crippen LogP) is 3.48. The van der Waals surface area contributed by atoms with Crippen LogP contribution in [-0.2, 0) is 5.41 Å². The minimum Gasteiger partial charge on any atom is -0.464 e. The molecule has 1 aliphatic rings. The van der Waals surface area contributed by atoms with Gasteiger partial charge in [-0.05, 0) is 28.5 Å². The molecule has 0 aromatic carbocycles. The van der Waals surface area contributed by atoms with Gasteiger partial charge in [-0.1, -0.05) is 33.8 Å². The third-order valence-corrected chi connectivity index (χ3v) is 4.33. The summed E-state index contributed by atoms with van der Waals surface area (Å²) in [4.78, 5) is 16.0. The van der Waals surface area contributed by atoms with Crippen LogP contribution in [0, 0.1) is 5.92 Å². The molecule has 122 valence electrons. The van der Waals surface area contributed by atoms with Gasteiger partial charge in [0.15, 0.2) is 0 Å². The predicted molar refractivity (Wildman–Crippen MR) is 91.9 cm³/mol. The van der Waals surface area contributed by atoms with Gasteiger partial charge in [-0.25, -0.2) is 14.3 Å². The second-order valence-corrected chi connectivity index (χ2v) is 7.34. The van der Waals surface area contributed by atoms with Crippen molar-refractivity contribution in [3.8, 4) is 0 Å². The fraction of sp³-hybridized carbons (Fsp3) is 0.444. The summed E-state index contributed by atoms with van der Waals surface area (Å²) in [6, 6.07) is 2.08. The molecule has 0 aliphatic carbocycles. The zero-order chi connectivity index (χ0) is 16.8. The number of rotatable bonds is 1. The molecule has 0 radical (unpaired) electrons. The van der Waals surface area contributed by atoms with Crippen molar-refractivity contribution < 1.29 is 9.90 Å². The molecule has 1 unspecified atom stereocenters. The molecule has 0 bridgehead atoms. The fourth-order valence-corrected chi connectivity index (χ4v) is 3.00. The highest BCUT2D eigenvalue weighted by molar-refractivity contribution is 5.96. The van der Waals surface area contributed by atoms with Crippen LogP contribution in [0.2, 0.25) is 0 Å². The molecule has 23 heavy (non-hydrogen) atoms. The first kappa shape index (κ1) is 15.7. The molecule has 0 saturated carbocycles. The normalized spacial score (nSPS) is 19.0. The molecule has 0 spiro atoms. The molecule has 0 amide bonds. The van der Waals surface area contributed by atoms with E-state index in [-0.39, 0.29) is 5.41 Å². The van der Waals surface area contributed by atoms with Crippen LogP contribution in [-0.4, -0.2) is 33.8 Å². The highest BCUT2D eigenvalue weighted by Crippen LogP contribution is 2.31. The maximum Gasteiger partial charge on any atom is 0.417 e. The lowest BCUT2D eigenvalue weighted by Gasteiger charge is -2.20. The molecule has 0 saturated heterocycles. The average molecular weight is 313 g/mol. The molecule has 1 atom stereocenters. The summed E-state index contributed by atoms with van der Waals surface area (Å²) >= 11 is 0. The van der Waals surface area contributed by atoms with Gasteiger partial charge in [0.2, 0.25) is 0 Å². The smallest absolute Gasteiger partial charge is 0.417 e. The van der Waals surface area contributed by atoms with Gasteiger partial charge in [0, 0.05) is 36.4 Å². The fourth-order valence-electron chi connectivity index (χ4n) is 3.00. The number of carbonyl (C=O) groups is 1. The van der Waals surface area contributed by atoms with Crippen LogP contribution < -0.4 is 5.32 Å². The number of carboxylic acid groups (broad SMARTS) is 1. The molecule has 5 nitrogen and oxygen atoms in total. The standard InChI is InChI=1S/C18H23N3O2/c1-11-5-12(8-19-7-11)15-10-21(17(22)23)16-14(15)6-13(9-20-16)18(2,3)4/h5-6,9-11,19H,7-8H2,1-4H3,(H,22,23). The molecule has 3 heterocycles. The number of nitrogens with one attached hydrogen (secondary N) is 1. The second kappa shape index (κ2) is 5.49. The van der Waals surface area contributed by atoms with E-state index in [1.807, 2.05) is 0 Å². The van der Waals surface area contributed by atoms with Crippen LogP contribution in [0.15, 0.2) is 24.5 Å². The Bertz CT molecular complexity index is 796. The van der Waals surface area contributed by atoms with Crippen LogP contribution >= 0.6 is 0 Å². The van der Waals surface area contributed by atoms with Crippen molar-refractivity contribution >= 4 is 22.7 Å². The number of nitrogens with zero attached hydrogens (tertiary/aromatic N) is 2. The maximum atomic E-state index is 11.5. The van der Waals surface area contributed by atoms with Gasteiger partial charge in [0.05, 0.1) is 0 Å². The Morgan fingerprint density at radius 2 is 2.17 bits per heavy atom. The summed E-state index contributed by atoms with van der Waals surface area (Å²) in [7, 11) is 0. The number of aromatic nitrogens is 2. The topological polar surface area (TPSA) is 67.2 Å². The lowest BCUT2D eigenvalue weighted by atomic mass is 9.87. The summed E-state index contributed by atoms with van der Waals surface area (Å²) < 4.78 is 1.22. The van der Waals surface area contributed by atoms with Gasteiger partial charge in [-0.15, -0.1) is 0 Å². The van der Waals surface area contributed by atoms with E-state index >= 15 is 0 Å². The van der Waals surface area contributed by atoms with Gasteiger partial charge in [-0.2, -0.15) is 0 Å². The van der Waals surface area contributed by atoms with E-state index in [2.05, 4.69) is 50.1 Å². The molecule has 3 rings (SSSR count). The van der Waals surface area contributed by atoms with Crippen molar-refractivity contribution in [2.24, 2.45) is 5.92 Å². The molecule has 1 aliphatic heterocycles. The van der Waals surface area contributed by atoms with E-state index in [4.69, 9.17) is 0 Å². The second-order valence-electron chi connectivity index (χ2n) is 7.34. The Morgan fingerprint density at radius 1 is 1.43 bits per heavy atom. The number of hydrogen-bond donors (Lipinski definition) is 2. The van der Waals surface area contributed by atoms with Crippen LogP contribution in [0.3, 0.4) is 0 Å². The van der Waals surface area contributed by atoms with E-state index < -0.39 is 6.09 Å². The quantitative estimate of drug-likeness (QED) is 0.846. The average Bonchev–Trinajstić information content (AvgIpc) is 2.85. The number of pyridine rings is 1. The zero-order valence-corrected chi connectivity index (χ0v) is 14.1. The minimum atomic E-state index is -1.00. The van der Waals surface area contributed by atoms with Crippen LogP contribution in [0.1, 0.15) is 38.8 Å². The van der Waals surface area contributed by atoms with Crippen LogP contribution in [0.5, 0.6) is 0 Å². The maximum absolute atomic E-state index is 11.5. The Morgan fingerprint density at radius 3 is 2.78 bits per heavy atom. The van der Waals surface area contributed by atoms with Gasteiger partial charge >= 0.3 is 6.09 Å². The third-order valence-electron chi connectivity index (χ3n) is 4.33. The largest absolute Gasteiger partial charge is 0.464 e. The van der Waals surface area contributed by atoms with Crippen molar-refractivity contribution in [3.63, 3.8) is 0 Å². The van der Waals surface area contributed by atoms with Crippen molar-refractivity contribution in [3.05, 3.63) is 35.7 Å². The monoisotopic (exact) mass is 313 g/mol. The van der Waals surface area contributed by atoms with Gasteiger partial charge < -0.3 is 10.4 Å². The van der Waals surface area contributed by atoms with E-state index in [0.29, 0.717) is 11.6 Å². The molecule has 5 heteroatoms. The molecule has 0 fully saturated rings. The first-order chi connectivity index (χ1) is 10.8. The molecular formula is C18H23N3O2. The molecule has 2 aromatic heterocycles. The Labute approximate surface area is 136 Å². The summed E-state index contributed by atoms with van der Waals surface area (Å²) in [5.41, 5.74) is 3.67. The SMILES string of the molecule is CC1C=C(c2cn(C(=O)O)c3ncc(C(C)(C)C)cc23)CNC1. The van der Waals surface area contributed by atoms with Crippen molar-refractivity contribution in [1.82, 2.24) is 14.9 Å². The first-order valence-electron chi connectivity index (χ1n) is 7.94. The molecule has 2 N–H and O–H groups in total. The highest BCUT2D eigenvalue weighted by Gasteiger charge is 2.22. The van der Waals surface area contributed by atoms with Gasteiger partial charge in [0.25, 0.3) is 0 Å². The Kier molecular flexibility index (Phi) is 3.76. The summed E-state index contributed by atoms with van der Waals surface area (Å²) in [5, 5.41) is 13.8. The lowest BCUT2D eigenvalue weighted by molar-refractivity contribution is 0.197. The summed E-state index contributed by atoms with van der Waals surface area (Å²) in [6.45, 7) is 10.3. The van der Waals surface area contributed by atoms with Crippen LogP contribution in [0.4, 0.5) is 4.79 Å². The summed E-state index contributed by atoms with van der Waals surface area (Å²) in [5.74, 6) is 0.431. The summed E-state index contributed by atoms with van der Waals surface area (Å²) in [6.07, 6.45) is 4.69. The van der Waals surface area contributed by atoms with Crippen molar-refractivity contribution in [2.75, 3.05) is 13.1 Å². The van der Waals surface area contributed by atoms with Gasteiger partial charge in [0.1, 0.15) is 5.65 Å². The van der Waals surface area contributed by atoms with Crippen molar-refractivity contribution in [2.45, 2.75) is 33.1 Å². The van der Waals surface area contributed by atoms with Crippen LogP contribution in [0.25, 0.3) is 16.6 Å². The van der Waals surface area contributed by atoms with E-state index in [9.17, 15) is 9.90 Å². The minimum absolute atomic E-state index is 0.0315. The molecule has 2 aromatic rings. The highest BCUT2D eigenvalue weighted by atomic mass is 16.4. The molecular weight excluding hydrogens is 290 g/mol. The Balaban J connectivity index is 2.25. The Hall–Kier alpha value is -2.14. The number of fused-ring (bicyclic) bond motifs is 1. The van der Waals surface area contributed by atoms with E-state index in [0.717, 1.165) is 35.2 Å². The number of hydrogen-bond acceptors (Lipinski definition) is 3. The first-order valence-corrected chi connectivity index (χ1v) is 7.94. The van der Waals surface area contributed by atoms with Crippen molar-refractivity contribution in [1.29, 1.82) is 0 Å². The van der Waals surface area contributed by atoms with E-state index in [1.54, 1.807) is 12.4 Å². The van der Waals surface area contributed by atoms with Gasteiger partial charge in [-0.3, -0.25) is 0 Å². The lowest BCUT2D eigenvalue weighted by Crippen LogP contribution is -2.27. The zero-order valence-electron chi connectivity index (χ0n) is 14.1. The third kappa shape index (κ3) is 2.88. The van der Waals surface area contributed by atoms with E-state index in [1.165, 1.54) is 4.57 Å².